The smallest absolute Gasteiger partial charge is 0.348 e. The zero-order valence-corrected chi connectivity index (χ0v) is 14.9. The zero-order valence-electron chi connectivity index (χ0n) is 14.9. The summed E-state index contributed by atoms with van der Waals surface area (Å²) < 4.78 is 6.17. The van der Waals surface area contributed by atoms with Gasteiger partial charge in [-0.2, -0.15) is 10.4 Å². The van der Waals surface area contributed by atoms with Gasteiger partial charge in [-0.3, -0.25) is 19.6 Å². The van der Waals surface area contributed by atoms with Crippen molar-refractivity contribution in [2.45, 2.75) is 19.9 Å². The largest absolute Gasteiger partial charge is 0.481 e. The van der Waals surface area contributed by atoms with Crippen LogP contribution in [0.15, 0.2) is 36.0 Å². The number of aliphatic carboxylic acids is 1. The molecule has 0 fully saturated rings. The fraction of sp³-hybridized carbons (Fsp3) is 0.222. The number of nitro groups is 1. The molecule has 144 valence electrons. The van der Waals surface area contributed by atoms with Gasteiger partial charge in [0, 0.05) is 29.5 Å². The molecule has 2 aromatic rings. The Balaban J connectivity index is 2.55. The number of nitrogens with zero attached hydrogens (tertiary/aromatic N) is 4. The molecule has 0 unspecified atom stereocenters. The third-order valence-corrected chi connectivity index (χ3v) is 3.59. The van der Waals surface area contributed by atoms with Crippen LogP contribution < -0.4 is 0 Å². The molecule has 0 aliphatic carbocycles. The summed E-state index contributed by atoms with van der Waals surface area (Å²) in [6.45, 7) is 1.74. The Labute approximate surface area is 159 Å². The van der Waals surface area contributed by atoms with Crippen LogP contribution in [-0.2, 0) is 20.9 Å². The van der Waals surface area contributed by atoms with Crippen LogP contribution in [0.3, 0.4) is 0 Å². The number of nitriles is 1. The molecule has 0 saturated heterocycles. The molecule has 0 aliphatic rings. The molecular weight excluding hydrogens is 368 g/mol. The summed E-state index contributed by atoms with van der Waals surface area (Å²) in [5.41, 5.74) is 0.557. The number of esters is 1. The standard InChI is InChI=1S/C18H16N4O6/c1-2-28-18(25)13(10-19)8-14-11-21(7-6-16(23)24)20-17(14)12-4-3-5-15(9-12)22(26)27/h3-5,8-9,11H,2,6-7H2,1H3,(H,23,24)/b13-8+. The minimum atomic E-state index is -1.02. The first-order valence-electron chi connectivity index (χ1n) is 8.18. The number of carboxylic acids is 1. The number of aromatic nitrogens is 2. The first-order chi connectivity index (χ1) is 13.3. The van der Waals surface area contributed by atoms with E-state index in [1.54, 1.807) is 19.1 Å². The maximum absolute atomic E-state index is 11.9. The Kier molecular flexibility index (Phi) is 6.59. The van der Waals surface area contributed by atoms with Crippen LogP contribution in [0.2, 0.25) is 0 Å². The molecule has 10 nitrogen and oxygen atoms in total. The molecule has 0 amide bonds. The topological polar surface area (TPSA) is 148 Å². The summed E-state index contributed by atoms with van der Waals surface area (Å²) in [6, 6.07) is 7.44. The number of carbonyl (C=O) groups excluding carboxylic acids is 1. The molecule has 0 spiro atoms. The third kappa shape index (κ3) is 5.01. The quantitative estimate of drug-likeness (QED) is 0.240. The number of aryl methyl sites for hydroxylation is 1. The van der Waals surface area contributed by atoms with E-state index in [-0.39, 0.29) is 36.5 Å². The number of rotatable bonds is 8. The Hall–Kier alpha value is -4.00. The van der Waals surface area contributed by atoms with E-state index in [1.165, 1.54) is 35.2 Å². The van der Waals surface area contributed by atoms with E-state index in [1.807, 2.05) is 0 Å². The predicted octanol–water partition coefficient (Wildman–Crippen LogP) is 2.40. The minimum absolute atomic E-state index is 0.0480. The van der Waals surface area contributed by atoms with Gasteiger partial charge >= 0.3 is 11.9 Å². The van der Waals surface area contributed by atoms with Crippen LogP contribution >= 0.6 is 0 Å². The second-order valence-corrected chi connectivity index (χ2v) is 5.54. The predicted molar refractivity (Wildman–Crippen MR) is 96.8 cm³/mol. The molecule has 0 bridgehead atoms. The molecule has 0 aliphatic heterocycles. The fourth-order valence-electron chi connectivity index (χ4n) is 2.36. The number of hydrogen-bond donors (Lipinski definition) is 1. The Morgan fingerprint density at radius 2 is 2.21 bits per heavy atom. The van der Waals surface area contributed by atoms with Crippen LogP contribution in [0.4, 0.5) is 5.69 Å². The van der Waals surface area contributed by atoms with Crippen LogP contribution in [-0.4, -0.2) is 38.4 Å². The first kappa shape index (κ1) is 20.3. The lowest BCUT2D eigenvalue weighted by atomic mass is 10.1. The van der Waals surface area contributed by atoms with E-state index in [9.17, 15) is 25.0 Å². The van der Waals surface area contributed by atoms with Gasteiger partial charge in [-0.25, -0.2) is 4.79 Å². The van der Waals surface area contributed by atoms with Crippen molar-refractivity contribution in [3.05, 3.63) is 51.7 Å². The molecule has 0 atom stereocenters. The van der Waals surface area contributed by atoms with Gasteiger partial charge in [0.05, 0.1) is 30.2 Å². The van der Waals surface area contributed by atoms with E-state index in [4.69, 9.17) is 9.84 Å². The van der Waals surface area contributed by atoms with E-state index >= 15 is 0 Å². The SMILES string of the molecule is CCOC(=O)/C(C#N)=C/c1cn(CCC(=O)O)nc1-c1cccc([N+](=O)[O-])c1. The summed E-state index contributed by atoms with van der Waals surface area (Å²) in [5.74, 6) is -1.83. The van der Waals surface area contributed by atoms with Gasteiger partial charge in [-0.15, -0.1) is 0 Å². The molecule has 1 heterocycles. The highest BCUT2D eigenvalue weighted by atomic mass is 16.6. The molecule has 1 N–H and O–H groups in total. The zero-order chi connectivity index (χ0) is 20.7. The average Bonchev–Trinajstić information content (AvgIpc) is 3.07. The van der Waals surface area contributed by atoms with Crippen molar-refractivity contribution in [2.75, 3.05) is 6.61 Å². The van der Waals surface area contributed by atoms with Gasteiger partial charge in [-0.05, 0) is 13.0 Å². The van der Waals surface area contributed by atoms with Gasteiger partial charge in [-0.1, -0.05) is 12.1 Å². The summed E-state index contributed by atoms with van der Waals surface area (Å²) in [6.07, 6.45) is 2.53. The fourth-order valence-corrected chi connectivity index (χ4v) is 2.36. The Morgan fingerprint density at radius 1 is 1.46 bits per heavy atom. The van der Waals surface area contributed by atoms with Crippen molar-refractivity contribution in [3.8, 4) is 17.3 Å². The van der Waals surface area contributed by atoms with Crippen LogP contribution in [0.1, 0.15) is 18.9 Å². The number of hydrogen-bond acceptors (Lipinski definition) is 7. The molecular formula is C18H16N4O6. The van der Waals surface area contributed by atoms with Crippen molar-refractivity contribution in [3.63, 3.8) is 0 Å². The number of nitro benzene ring substituents is 1. The van der Waals surface area contributed by atoms with Gasteiger partial charge in [0.15, 0.2) is 0 Å². The lowest BCUT2D eigenvalue weighted by Crippen LogP contribution is -2.06. The maximum Gasteiger partial charge on any atom is 0.348 e. The third-order valence-electron chi connectivity index (χ3n) is 3.59. The molecule has 1 aromatic heterocycles. The van der Waals surface area contributed by atoms with E-state index in [2.05, 4.69) is 5.10 Å². The van der Waals surface area contributed by atoms with Gasteiger partial charge < -0.3 is 9.84 Å². The van der Waals surface area contributed by atoms with Crippen molar-refractivity contribution in [2.24, 2.45) is 0 Å². The van der Waals surface area contributed by atoms with Crippen molar-refractivity contribution in [1.82, 2.24) is 9.78 Å². The summed E-state index contributed by atoms with van der Waals surface area (Å²) in [7, 11) is 0. The van der Waals surface area contributed by atoms with Crippen LogP contribution in [0.25, 0.3) is 17.3 Å². The number of benzene rings is 1. The molecule has 2 rings (SSSR count). The number of carboxylic acid groups (broad SMARTS) is 1. The maximum atomic E-state index is 11.9. The van der Waals surface area contributed by atoms with Crippen LogP contribution in [0.5, 0.6) is 0 Å². The Bertz CT molecular complexity index is 986. The van der Waals surface area contributed by atoms with Gasteiger partial charge in [0.2, 0.25) is 0 Å². The second-order valence-electron chi connectivity index (χ2n) is 5.54. The molecule has 0 saturated carbocycles. The van der Waals surface area contributed by atoms with E-state index in [0.717, 1.165) is 0 Å². The lowest BCUT2D eigenvalue weighted by molar-refractivity contribution is -0.384. The van der Waals surface area contributed by atoms with Crippen molar-refractivity contribution in [1.29, 1.82) is 5.26 Å². The molecule has 0 radical (unpaired) electrons. The van der Waals surface area contributed by atoms with E-state index < -0.39 is 16.9 Å². The Morgan fingerprint density at radius 3 is 2.82 bits per heavy atom. The molecule has 10 heteroatoms. The normalized spacial score (nSPS) is 10.9. The van der Waals surface area contributed by atoms with Crippen molar-refractivity contribution >= 4 is 23.7 Å². The highest BCUT2D eigenvalue weighted by molar-refractivity contribution is 5.98. The van der Waals surface area contributed by atoms with Gasteiger partial charge in [0.25, 0.3) is 5.69 Å². The van der Waals surface area contributed by atoms with E-state index in [0.29, 0.717) is 11.1 Å². The second kappa shape index (κ2) is 9.09. The highest BCUT2D eigenvalue weighted by Gasteiger charge is 2.17. The minimum Gasteiger partial charge on any atom is -0.481 e. The molecule has 1 aromatic carbocycles. The first-order valence-corrected chi connectivity index (χ1v) is 8.18. The lowest BCUT2D eigenvalue weighted by Gasteiger charge is -2.01. The summed E-state index contributed by atoms with van der Waals surface area (Å²) >= 11 is 0. The number of ether oxygens (including phenoxy) is 1. The average molecular weight is 384 g/mol. The molecule has 28 heavy (non-hydrogen) atoms. The number of carbonyl (C=O) groups is 2. The summed E-state index contributed by atoms with van der Waals surface area (Å²) in [5, 5.41) is 33.4. The van der Waals surface area contributed by atoms with Crippen LogP contribution in [0, 0.1) is 21.4 Å². The van der Waals surface area contributed by atoms with Gasteiger partial charge in [0.1, 0.15) is 11.6 Å². The highest BCUT2D eigenvalue weighted by Crippen LogP contribution is 2.27. The van der Waals surface area contributed by atoms with Crippen molar-refractivity contribution < 1.29 is 24.4 Å². The number of non-ortho nitro benzene ring substituents is 1. The summed E-state index contributed by atoms with van der Waals surface area (Å²) in [4.78, 5) is 33.2. The monoisotopic (exact) mass is 384 g/mol.